The summed E-state index contributed by atoms with van der Waals surface area (Å²) in [6.45, 7) is 9.61. The van der Waals surface area contributed by atoms with Crippen LogP contribution in [-0.4, -0.2) is 29.0 Å². The number of hydrogen-bond acceptors (Lipinski definition) is 4. The second-order valence-electron chi connectivity index (χ2n) is 6.65. The van der Waals surface area contributed by atoms with Crippen molar-refractivity contribution in [1.82, 2.24) is 9.97 Å². The van der Waals surface area contributed by atoms with E-state index in [9.17, 15) is 18.0 Å². The quantitative estimate of drug-likeness (QED) is 0.799. The van der Waals surface area contributed by atoms with Gasteiger partial charge < -0.3 is 15.1 Å². The fourth-order valence-electron chi connectivity index (χ4n) is 3.09. The lowest BCUT2D eigenvalue weighted by Gasteiger charge is -2.32. The average molecular weight is 389 g/mol. The van der Waals surface area contributed by atoms with E-state index in [0.717, 1.165) is 11.6 Å². The lowest BCUT2D eigenvalue weighted by molar-refractivity contribution is -0.137. The van der Waals surface area contributed by atoms with Crippen LogP contribution in [0.2, 0.25) is 0 Å². The van der Waals surface area contributed by atoms with Crippen LogP contribution in [0.3, 0.4) is 0 Å². The molecule has 6 nitrogen and oxygen atoms in total. The first-order valence-electron chi connectivity index (χ1n) is 8.71. The molecule has 0 aromatic carbocycles. The van der Waals surface area contributed by atoms with Gasteiger partial charge in [0.1, 0.15) is 12.0 Å². The van der Waals surface area contributed by atoms with Crippen molar-refractivity contribution in [3.8, 4) is 0 Å². The Kier molecular flexibility index (Phi) is 5.49. The van der Waals surface area contributed by atoms with E-state index in [1.807, 2.05) is 13.0 Å². The summed E-state index contributed by atoms with van der Waals surface area (Å²) in [5.74, 6) is -0.562. The van der Waals surface area contributed by atoms with Crippen LogP contribution in [0.15, 0.2) is 30.6 Å². The van der Waals surface area contributed by atoms with Gasteiger partial charge in [-0.05, 0) is 37.5 Å². The molecule has 0 radical (unpaired) electrons. The van der Waals surface area contributed by atoms with Crippen molar-refractivity contribution in [3.63, 3.8) is 0 Å². The molecule has 146 valence electrons. The number of nitrogens with zero attached hydrogens (tertiary/aromatic N) is 4. The van der Waals surface area contributed by atoms with Gasteiger partial charge in [-0.15, -0.1) is 4.98 Å². The van der Waals surface area contributed by atoms with Gasteiger partial charge in [-0.25, -0.2) is 4.98 Å². The van der Waals surface area contributed by atoms with E-state index < -0.39 is 17.6 Å². The Hall–Kier alpha value is -3.15. The van der Waals surface area contributed by atoms with Gasteiger partial charge in [-0.2, -0.15) is 13.2 Å². The molecule has 1 aliphatic rings. The van der Waals surface area contributed by atoms with E-state index >= 15 is 0 Å². The van der Waals surface area contributed by atoms with E-state index in [1.54, 1.807) is 17.2 Å². The second kappa shape index (κ2) is 7.84. The van der Waals surface area contributed by atoms with Crippen molar-refractivity contribution in [2.24, 2.45) is 5.92 Å². The molecule has 1 fully saturated rings. The largest absolute Gasteiger partial charge is 0.409 e. The highest BCUT2D eigenvalue weighted by Crippen LogP contribution is 2.37. The van der Waals surface area contributed by atoms with Gasteiger partial charge in [-0.1, -0.05) is 12.6 Å². The lowest BCUT2D eigenvalue weighted by Crippen LogP contribution is -2.38. The van der Waals surface area contributed by atoms with Crippen molar-refractivity contribution in [3.05, 3.63) is 53.1 Å². The number of amides is 1. The monoisotopic (exact) mass is 389 g/mol. The Morgan fingerprint density at radius 2 is 1.96 bits per heavy atom. The van der Waals surface area contributed by atoms with Crippen LogP contribution in [0, 0.1) is 19.4 Å². The third-order valence-electron chi connectivity index (χ3n) is 4.66. The summed E-state index contributed by atoms with van der Waals surface area (Å²) in [6, 6.07) is 4.53. The van der Waals surface area contributed by atoms with Gasteiger partial charge in [0.2, 0.25) is 5.91 Å². The van der Waals surface area contributed by atoms with Crippen LogP contribution >= 0.6 is 0 Å². The van der Waals surface area contributed by atoms with Crippen LogP contribution in [0.5, 0.6) is 0 Å². The molecule has 0 atom stereocenters. The molecule has 0 aliphatic carbocycles. The predicted octanol–water partition coefficient (Wildman–Crippen LogP) is 4.21. The first-order chi connectivity index (χ1) is 13.3. The zero-order chi connectivity index (χ0) is 20.3. The third kappa shape index (κ3) is 4.39. The number of rotatable bonds is 3. The molecule has 2 aromatic rings. The van der Waals surface area contributed by atoms with Crippen LogP contribution in [0.25, 0.3) is 4.85 Å². The highest BCUT2D eigenvalue weighted by Gasteiger charge is 2.35. The smallest absolute Gasteiger partial charge is 0.369 e. The van der Waals surface area contributed by atoms with Gasteiger partial charge in [0.25, 0.3) is 5.82 Å². The topological polar surface area (TPSA) is 62.5 Å². The number of carbonyl (C=O) groups excluding carboxylic acids is 1. The number of hydrogen-bond donors (Lipinski definition) is 1. The van der Waals surface area contributed by atoms with Crippen molar-refractivity contribution in [2.45, 2.75) is 25.9 Å². The van der Waals surface area contributed by atoms with Crippen LogP contribution in [-0.2, 0) is 11.0 Å². The summed E-state index contributed by atoms with van der Waals surface area (Å²) in [6.07, 6.45) is -0.690. The summed E-state index contributed by atoms with van der Waals surface area (Å²) in [4.78, 5) is 24.8. The molecule has 3 rings (SSSR count). The first-order valence-corrected chi connectivity index (χ1v) is 8.71. The molecule has 2 aromatic heterocycles. The summed E-state index contributed by atoms with van der Waals surface area (Å²) >= 11 is 0. The Morgan fingerprint density at radius 3 is 2.54 bits per heavy atom. The molecule has 28 heavy (non-hydrogen) atoms. The molecule has 1 N–H and O–H groups in total. The predicted molar refractivity (Wildman–Crippen MR) is 98.0 cm³/mol. The highest BCUT2D eigenvalue weighted by atomic mass is 19.4. The van der Waals surface area contributed by atoms with E-state index in [-0.39, 0.29) is 11.8 Å². The van der Waals surface area contributed by atoms with Gasteiger partial charge >= 0.3 is 6.18 Å². The van der Waals surface area contributed by atoms with Gasteiger partial charge in [0.05, 0.1) is 11.3 Å². The molecule has 1 amide bonds. The number of anilines is 2. The zero-order valence-electron chi connectivity index (χ0n) is 15.1. The van der Waals surface area contributed by atoms with Gasteiger partial charge in [-0.3, -0.25) is 4.79 Å². The van der Waals surface area contributed by atoms with Crippen LogP contribution in [0.4, 0.5) is 30.5 Å². The Balaban J connectivity index is 1.64. The minimum atomic E-state index is -4.64. The fourth-order valence-corrected chi connectivity index (χ4v) is 3.09. The molecule has 0 unspecified atom stereocenters. The molecule has 0 saturated carbocycles. The minimum absolute atomic E-state index is 0.145. The fraction of sp³-hybridized carbons (Fsp3) is 0.368. The maximum atomic E-state index is 13.1. The molecule has 9 heteroatoms. The van der Waals surface area contributed by atoms with Crippen LogP contribution in [0.1, 0.15) is 24.0 Å². The van der Waals surface area contributed by atoms with Gasteiger partial charge in [0, 0.05) is 25.2 Å². The van der Waals surface area contributed by atoms with E-state index in [4.69, 9.17) is 6.57 Å². The summed E-state index contributed by atoms with van der Waals surface area (Å²) in [5.41, 5.74) is 0.256. The number of carbonyl (C=O) groups is 1. The molecular formula is C19H18F3N5O. The van der Waals surface area contributed by atoms with Crippen molar-refractivity contribution >= 4 is 23.2 Å². The van der Waals surface area contributed by atoms with E-state index in [0.29, 0.717) is 37.4 Å². The number of aryl methyl sites for hydroxylation is 1. The molecule has 1 saturated heterocycles. The summed E-state index contributed by atoms with van der Waals surface area (Å²) in [7, 11) is 0. The van der Waals surface area contributed by atoms with Crippen molar-refractivity contribution < 1.29 is 18.0 Å². The zero-order valence-corrected chi connectivity index (χ0v) is 15.1. The lowest BCUT2D eigenvalue weighted by atomic mass is 9.95. The Bertz CT molecular complexity index is 897. The Labute approximate surface area is 160 Å². The van der Waals surface area contributed by atoms with Crippen molar-refractivity contribution in [1.29, 1.82) is 0 Å². The molecule has 0 bridgehead atoms. The first kappa shape index (κ1) is 19.6. The Morgan fingerprint density at radius 1 is 1.25 bits per heavy atom. The number of piperidine rings is 1. The standard InChI is InChI=1S/C19H18F3N5O/c1-12-3-4-16(24-10-12)26-18(28)13-5-7-27(8-6-13)14-9-15(19(20,21)22)17(23-2)25-11-14/h3-4,9-11,13H,5-8H2,1H3,(H,24,26,28). The maximum Gasteiger partial charge on any atom is 0.409 e. The maximum absolute atomic E-state index is 13.1. The molecular weight excluding hydrogens is 371 g/mol. The minimum Gasteiger partial charge on any atom is -0.369 e. The number of aromatic nitrogens is 2. The van der Waals surface area contributed by atoms with Crippen molar-refractivity contribution in [2.75, 3.05) is 23.3 Å². The SMILES string of the molecule is [C-]#[N+]c1ncc(N2CCC(C(=O)Nc3ccc(C)cn3)CC2)cc1C(F)(F)F. The molecule has 1 aliphatic heterocycles. The number of alkyl halides is 3. The number of pyridine rings is 2. The number of halogens is 3. The molecule has 0 spiro atoms. The number of nitrogens with one attached hydrogen (secondary N) is 1. The highest BCUT2D eigenvalue weighted by molar-refractivity contribution is 5.91. The summed E-state index contributed by atoms with van der Waals surface area (Å²) in [5, 5.41) is 2.77. The normalized spacial score (nSPS) is 15.2. The molecule has 3 heterocycles. The second-order valence-corrected chi connectivity index (χ2v) is 6.65. The van der Waals surface area contributed by atoms with E-state index in [1.165, 1.54) is 6.20 Å². The third-order valence-corrected chi connectivity index (χ3v) is 4.66. The summed E-state index contributed by atoms with van der Waals surface area (Å²) < 4.78 is 39.4. The van der Waals surface area contributed by atoms with E-state index in [2.05, 4.69) is 20.1 Å². The van der Waals surface area contributed by atoms with Gasteiger partial charge in [0.15, 0.2) is 0 Å². The van der Waals surface area contributed by atoms with Crippen LogP contribution < -0.4 is 10.2 Å². The average Bonchev–Trinajstić information content (AvgIpc) is 2.68.